The summed E-state index contributed by atoms with van der Waals surface area (Å²) >= 11 is 0. The van der Waals surface area contributed by atoms with Gasteiger partial charge in [-0.05, 0) is 6.42 Å². The van der Waals surface area contributed by atoms with E-state index < -0.39 is 36.5 Å². The van der Waals surface area contributed by atoms with Crippen LogP contribution in [0, 0.1) is 0 Å². The van der Waals surface area contributed by atoms with Gasteiger partial charge < -0.3 is 19.7 Å². The first kappa shape index (κ1) is 18.6. The van der Waals surface area contributed by atoms with E-state index in [1.165, 1.54) is 0 Å². The summed E-state index contributed by atoms with van der Waals surface area (Å²) in [4.78, 5) is 34.4. The number of hydrogen-bond donors (Lipinski definition) is 2. The topological polar surface area (TPSA) is 110 Å². The van der Waals surface area contributed by atoms with Gasteiger partial charge >= 0.3 is 17.9 Å². The van der Waals surface area contributed by atoms with Gasteiger partial charge in [0.1, 0.15) is 0 Å². The number of rotatable bonds is 9. The Morgan fingerprint density at radius 1 is 1.17 bits per heavy atom. The van der Waals surface area contributed by atoms with Gasteiger partial charge in [0.05, 0.1) is 13.0 Å². The molecule has 0 saturated heterocycles. The van der Waals surface area contributed by atoms with Crippen LogP contribution in [0.15, 0.2) is 30.3 Å². The van der Waals surface area contributed by atoms with Gasteiger partial charge in [-0.15, -0.1) is 0 Å². The van der Waals surface area contributed by atoms with Crippen molar-refractivity contribution in [2.24, 2.45) is 0 Å². The maximum absolute atomic E-state index is 12.1. The van der Waals surface area contributed by atoms with E-state index in [-0.39, 0.29) is 6.61 Å². The summed E-state index contributed by atoms with van der Waals surface area (Å²) in [7, 11) is 0. The molecule has 1 rings (SSSR count). The van der Waals surface area contributed by atoms with Crippen LogP contribution in [0.4, 0.5) is 0 Å². The highest BCUT2D eigenvalue weighted by Crippen LogP contribution is 2.20. The molecule has 126 valence electrons. The molecule has 0 bridgehead atoms. The second-order valence-electron chi connectivity index (χ2n) is 4.86. The van der Waals surface area contributed by atoms with Crippen LogP contribution in [0.1, 0.15) is 37.9 Å². The lowest BCUT2D eigenvalue weighted by Gasteiger charge is -2.17. The monoisotopic (exact) mass is 324 g/mol. The van der Waals surface area contributed by atoms with Gasteiger partial charge in [0, 0.05) is 5.56 Å². The van der Waals surface area contributed by atoms with Crippen molar-refractivity contribution in [1.29, 1.82) is 0 Å². The van der Waals surface area contributed by atoms with E-state index in [1.807, 2.05) is 6.92 Å². The molecule has 2 N–H and O–H groups in total. The molecule has 0 aromatic heterocycles. The molecule has 0 heterocycles. The highest BCUT2D eigenvalue weighted by Gasteiger charge is 2.28. The van der Waals surface area contributed by atoms with Gasteiger partial charge in [0.15, 0.2) is 6.10 Å². The van der Waals surface area contributed by atoms with Crippen molar-refractivity contribution in [3.05, 3.63) is 35.9 Å². The number of carbonyl (C=O) groups is 3. The van der Waals surface area contributed by atoms with Crippen LogP contribution in [-0.4, -0.2) is 40.8 Å². The first-order valence-electron chi connectivity index (χ1n) is 7.27. The predicted molar refractivity (Wildman–Crippen MR) is 79.4 cm³/mol. The number of benzene rings is 1. The Morgan fingerprint density at radius 3 is 2.39 bits per heavy atom. The zero-order valence-electron chi connectivity index (χ0n) is 12.8. The largest absolute Gasteiger partial charge is 0.479 e. The lowest BCUT2D eigenvalue weighted by molar-refractivity contribution is -0.171. The van der Waals surface area contributed by atoms with Crippen molar-refractivity contribution in [2.75, 3.05) is 6.61 Å². The average Bonchev–Trinajstić information content (AvgIpc) is 2.53. The normalized spacial score (nSPS) is 13.0. The molecule has 0 radical (unpaired) electrons. The van der Waals surface area contributed by atoms with Crippen molar-refractivity contribution >= 4 is 17.9 Å². The molecule has 0 spiro atoms. The van der Waals surface area contributed by atoms with E-state index in [9.17, 15) is 19.5 Å². The Kier molecular flexibility index (Phi) is 7.76. The van der Waals surface area contributed by atoms with Gasteiger partial charge in [-0.25, -0.2) is 9.59 Å². The van der Waals surface area contributed by atoms with Crippen molar-refractivity contribution < 1.29 is 34.1 Å². The van der Waals surface area contributed by atoms with E-state index in [2.05, 4.69) is 0 Å². The molecule has 7 heteroatoms. The van der Waals surface area contributed by atoms with Crippen LogP contribution in [0.25, 0.3) is 0 Å². The Bertz CT molecular complexity index is 526. The zero-order valence-corrected chi connectivity index (χ0v) is 12.8. The molecule has 23 heavy (non-hydrogen) atoms. The third-order valence-electron chi connectivity index (χ3n) is 2.95. The summed E-state index contributed by atoms with van der Waals surface area (Å²) in [6.45, 7) is 2.14. The summed E-state index contributed by atoms with van der Waals surface area (Å²) in [5.41, 5.74) is 0.409. The van der Waals surface area contributed by atoms with Crippen molar-refractivity contribution in [1.82, 2.24) is 0 Å². The smallest absolute Gasteiger partial charge is 0.352 e. The highest BCUT2D eigenvalue weighted by atomic mass is 16.6. The molecule has 0 fully saturated rings. The number of aliphatic carboxylic acids is 1. The number of carboxylic acids is 1. The number of hydrogen-bond acceptors (Lipinski definition) is 6. The molecule has 0 saturated carbocycles. The molecule has 1 aromatic carbocycles. The summed E-state index contributed by atoms with van der Waals surface area (Å²) in [6.07, 6.45) is -2.40. The lowest BCUT2D eigenvalue weighted by Crippen LogP contribution is -2.27. The van der Waals surface area contributed by atoms with E-state index in [0.717, 1.165) is 6.42 Å². The summed E-state index contributed by atoms with van der Waals surface area (Å²) in [5, 5.41) is 17.8. The maximum Gasteiger partial charge on any atom is 0.352 e. The van der Waals surface area contributed by atoms with Crippen LogP contribution in [0.2, 0.25) is 0 Å². The highest BCUT2D eigenvalue weighted by molar-refractivity contribution is 5.83. The van der Waals surface area contributed by atoms with Gasteiger partial charge in [0.2, 0.25) is 6.10 Å². The number of carboxylic acid groups (broad SMARTS) is 1. The second-order valence-corrected chi connectivity index (χ2v) is 4.86. The van der Waals surface area contributed by atoms with Crippen LogP contribution >= 0.6 is 0 Å². The van der Waals surface area contributed by atoms with Gasteiger partial charge in [0.25, 0.3) is 0 Å². The van der Waals surface area contributed by atoms with Crippen molar-refractivity contribution in [3.8, 4) is 0 Å². The standard InChI is InChI=1S/C16H20O7/c1-2-3-9-22-16(21)14(11-7-5-4-6-8-11)23-13(18)10-12(17)15(19)20/h4-8,12,14,17H,2-3,9-10H2,1H3,(H,19,20)/t12-,14-/m0/s1. The van der Waals surface area contributed by atoms with Crippen molar-refractivity contribution in [2.45, 2.75) is 38.4 Å². The Labute approximate surface area is 133 Å². The predicted octanol–water partition coefficient (Wildman–Crippen LogP) is 1.45. The van der Waals surface area contributed by atoms with Crippen LogP contribution < -0.4 is 0 Å². The molecule has 2 atom stereocenters. The molecule has 1 aromatic rings. The number of aliphatic hydroxyl groups is 1. The average molecular weight is 324 g/mol. The lowest BCUT2D eigenvalue weighted by atomic mass is 10.1. The van der Waals surface area contributed by atoms with E-state index in [4.69, 9.17) is 14.6 Å². The quantitative estimate of drug-likeness (QED) is 0.522. The number of esters is 2. The number of carbonyl (C=O) groups excluding carboxylic acids is 2. The SMILES string of the molecule is CCCCOC(=O)[C@@H](OC(=O)C[C@H](O)C(=O)O)c1ccccc1. The molecular formula is C16H20O7. The molecular weight excluding hydrogens is 304 g/mol. The molecule has 0 aliphatic carbocycles. The number of aliphatic hydroxyl groups excluding tert-OH is 1. The van der Waals surface area contributed by atoms with Crippen molar-refractivity contribution in [3.63, 3.8) is 0 Å². The first-order valence-corrected chi connectivity index (χ1v) is 7.27. The fourth-order valence-corrected chi connectivity index (χ4v) is 1.70. The number of ether oxygens (including phenoxy) is 2. The minimum absolute atomic E-state index is 0.202. The minimum Gasteiger partial charge on any atom is -0.479 e. The minimum atomic E-state index is -1.88. The molecule has 0 aliphatic heterocycles. The third-order valence-corrected chi connectivity index (χ3v) is 2.95. The van der Waals surface area contributed by atoms with Crippen LogP contribution in [-0.2, 0) is 23.9 Å². The fourth-order valence-electron chi connectivity index (χ4n) is 1.70. The summed E-state index contributed by atoms with van der Waals surface area (Å²) < 4.78 is 10.1. The van der Waals surface area contributed by atoms with E-state index in [1.54, 1.807) is 30.3 Å². The van der Waals surface area contributed by atoms with Gasteiger partial charge in [-0.1, -0.05) is 43.7 Å². The van der Waals surface area contributed by atoms with E-state index >= 15 is 0 Å². The summed E-state index contributed by atoms with van der Waals surface area (Å²) in [6, 6.07) is 8.25. The number of unbranched alkanes of at least 4 members (excludes halogenated alkanes) is 1. The summed E-state index contributed by atoms with van der Waals surface area (Å²) in [5.74, 6) is -3.27. The Morgan fingerprint density at radius 2 is 1.83 bits per heavy atom. The van der Waals surface area contributed by atoms with E-state index in [0.29, 0.717) is 12.0 Å². The second kappa shape index (κ2) is 9.58. The van der Waals surface area contributed by atoms with Gasteiger partial charge in [-0.3, -0.25) is 4.79 Å². The Hall–Kier alpha value is -2.41. The zero-order chi connectivity index (χ0) is 17.2. The molecule has 0 unspecified atom stereocenters. The maximum atomic E-state index is 12.1. The van der Waals surface area contributed by atoms with Crippen LogP contribution in [0.5, 0.6) is 0 Å². The van der Waals surface area contributed by atoms with Gasteiger partial charge in [-0.2, -0.15) is 0 Å². The first-order chi connectivity index (χ1) is 11.0. The molecule has 0 aliphatic rings. The third kappa shape index (κ3) is 6.48. The Balaban J connectivity index is 2.77. The fraction of sp³-hybridized carbons (Fsp3) is 0.438. The molecule has 0 amide bonds. The van der Waals surface area contributed by atoms with Crippen LogP contribution in [0.3, 0.4) is 0 Å². The molecule has 7 nitrogen and oxygen atoms in total.